The Morgan fingerprint density at radius 2 is 1.90 bits per heavy atom. The van der Waals surface area contributed by atoms with Crippen LogP contribution in [-0.2, 0) is 9.63 Å². The van der Waals surface area contributed by atoms with Gasteiger partial charge in [-0.3, -0.25) is 4.98 Å². The van der Waals surface area contributed by atoms with Crippen LogP contribution in [0.3, 0.4) is 0 Å². The van der Waals surface area contributed by atoms with Gasteiger partial charge in [-0.15, -0.1) is 0 Å². The number of benzene rings is 1. The number of amidine groups is 1. The fraction of sp³-hybridized carbons (Fsp3) is 0.188. The molecule has 0 radical (unpaired) electrons. The second kappa shape index (κ2) is 7.19. The number of pyridine rings is 1. The lowest BCUT2D eigenvalue weighted by atomic mass is 9.97. The van der Waals surface area contributed by atoms with Crippen molar-refractivity contribution < 1.29 is 9.63 Å². The van der Waals surface area contributed by atoms with Crippen LogP contribution in [0.2, 0.25) is 0 Å². The molecule has 0 aliphatic heterocycles. The molecular weight excluding hydrogens is 266 g/mol. The van der Waals surface area contributed by atoms with Crippen molar-refractivity contribution in [1.82, 2.24) is 4.98 Å². The summed E-state index contributed by atoms with van der Waals surface area (Å²) in [4.78, 5) is 21.0. The molecule has 1 aromatic heterocycles. The van der Waals surface area contributed by atoms with Crippen LogP contribution in [-0.4, -0.2) is 16.8 Å². The molecule has 0 bridgehead atoms. The Kier molecular flexibility index (Phi) is 5.04. The molecule has 0 fully saturated rings. The first kappa shape index (κ1) is 14.7. The molecular formula is C16H17N3O2. The minimum Gasteiger partial charge on any atom is -0.380 e. The molecule has 2 N–H and O–H groups in total. The van der Waals surface area contributed by atoms with Crippen molar-refractivity contribution in [3.05, 3.63) is 66.0 Å². The first-order chi connectivity index (χ1) is 10.2. The lowest BCUT2D eigenvalue weighted by molar-refractivity contribution is -0.145. The van der Waals surface area contributed by atoms with Gasteiger partial charge >= 0.3 is 5.97 Å². The molecule has 5 nitrogen and oxygen atoms in total. The molecule has 0 spiro atoms. The van der Waals surface area contributed by atoms with Crippen molar-refractivity contribution in [1.29, 1.82) is 0 Å². The number of hydrogen-bond donors (Lipinski definition) is 1. The van der Waals surface area contributed by atoms with Gasteiger partial charge in [0.15, 0.2) is 5.84 Å². The summed E-state index contributed by atoms with van der Waals surface area (Å²) in [5.74, 6) is -0.616. The summed E-state index contributed by atoms with van der Waals surface area (Å²) in [6, 6.07) is 12.9. The largest absolute Gasteiger partial charge is 0.380 e. The summed E-state index contributed by atoms with van der Waals surface area (Å²) in [6.45, 7) is 1.93. The molecule has 0 amide bonds. The molecule has 108 valence electrons. The predicted molar refractivity (Wildman–Crippen MR) is 80.5 cm³/mol. The van der Waals surface area contributed by atoms with Gasteiger partial charge in [-0.1, -0.05) is 42.4 Å². The van der Waals surface area contributed by atoms with Crippen LogP contribution in [0.5, 0.6) is 0 Å². The van der Waals surface area contributed by atoms with Crippen LogP contribution in [0, 0.1) is 0 Å². The van der Waals surface area contributed by atoms with Gasteiger partial charge in [0.2, 0.25) is 0 Å². The molecule has 0 aliphatic carbocycles. The average Bonchev–Trinajstić information content (AvgIpc) is 2.55. The topological polar surface area (TPSA) is 77.6 Å². The van der Waals surface area contributed by atoms with E-state index in [1.54, 1.807) is 24.5 Å². The summed E-state index contributed by atoms with van der Waals surface area (Å²) in [5.41, 5.74) is 7.33. The van der Waals surface area contributed by atoms with E-state index >= 15 is 0 Å². The Hall–Kier alpha value is -2.69. The molecule has 5 heteroatoms. The van der Waals surface area contributed by atoms with Gasteiger partial charge in [-0.05, 0) is 24.1 Å². The van der Waals surface area contributed by atoms with Crippen LogP contribution < -0.4 is 5.73 Å². The quantitative estimate of drug-likeness (QED) is 0.396. The van der Waals surface area contributed by atoms with Crippen LogP contribution in [0.25, 0.3) is 0 Å². The zero-order valence-electron chi connectivity index (χ0n) is 11.8. The van der Waals surface area contributed by atoms with Crippen LogP contribution in [0.15, 0.2) is 60.0 Å². The summed E-state index contributed by atoms with van der Waals surface area (Å²) in [7, 11) is 0. The normalized spacial score (nSPS) is 12.7. The molecule has 1 atom stereocenters. The minimum absolute atomic E-state index is 0.147. The third kappa shape index (κ3) is 3.89. The summed E-state index contributed by atoms with van der Waals surface area (Å²) >= 11 is 0. The van der Waals surface area contributed by atoms with Crippen molar-refractivity contribution in [2.45, 2.75) is 19.3 Å². The van der Waals surface area contributed by atoms with Gasteiger partial charge in [0.05, 0.1) is 5.92 Å². The molecule has 1 aromatic carbocycles. The van der Waals surface area contributed by atoms with Crippen molar-refractivity contribution in [2.24, 2.45) is 10.9 Å². The fourth-order valence-electron chi connectivity index (χ4n) is 1.96. The van der Waals surface area contributed by atoms with E-state index in [2.05, 4.69) is 10.1 Å². The number of carbonyl (C=O) groups is 1. The van der Waals surface area contributed by atoms with Crippen LogP contribution >= 0.6 is 0 Å². The molecule has 1 heterocycles. The van der Waals surface area contributed by atoms with Gasteiger partial charge in [0.25, 0.3) is 0 Å². The number of nitrogens with two attached hydrogens (primary N) is 1. The fourth-order valence-corrected chi connectivity index (χ4v) is 1.96. The van der Waals surface area contributed by atoms with Gasteiger partial charge in [-0.25, -0.2) is 4.79 Å². The third-order valence-electron chi connectivity index (χ3n) is 3.10. The number of rotatable bonds is 5. The Balaban J connectivity index is 2.07. The van der Waals surface area contributed by atoms with Gasteiger partial charge in [0.1, 0.15) is 0 Å². The molecule has 0 aliphatic rings. The SMILES string of the molecule is CC[C@@H](C(=O)O/N=C(/N)c1ccncc1)c1ccccc1. The minimum atomic E-state index is -0.416. The molecule has 2 rings (SSSR count). The second-order valence-corrected chi connectivity index (χ2v) is 4.49. The Bertz CT molecular complexity index is 612. The molecule has 21 heavy (non-hydrogen) atoms. The van der Waals surface area contributed by atoms with Crippen LogP contribution in [0.4, 0.5) is 0 Å². The van der Waals surface area contributed by atoms with E-state index in [0.29, 0.717) is 12.0 Å². The van der Waals surface area contributed by atoms with E-state index in [-0.39, 0.29) is 11.8 Å². The first-order valence-corrected chi connectivity index (χ1v) is 6.72. The smallest absolute Gasteiger partial charge is 0.342 e. The number of oxime groups is 1. The first-order valence-electron chi connectivity index (χ1n) is 6.72. The third-order valence-corrected chi connectivity index (χ3v) is 3.10. The lowest BCUT2D eigenvalue weighted by Gasteiger charge is -2.11. The standard InChI is InChI=1S/C16H17N3O2/c1-2-14(12-6-4-3-5-7-12)16(20)21-19-15(17)13-8-10-18-11-9-13/h3-11,14H,2H2,1H3,(H2,17,19)/t14-/m1/s1. The van der Waals surface area contributed by atoms with E-state index in [4.69, 9.17) is 10.6 Å². The number of carbonyl (C=O) groups excluding carboxylic acids is 1. The van der Waals surface area contributed by atoms with Crippen molar-refractivity contribution in [2.75, 3.05) is 0 Å². The summed E-state index contributed by atoms with van der Waals surface area (Å²) < 4.78 is 0. The number of nitrogens with zero attached hydrogens (tertiary/aromatic N) is 2. The highest BCUT2D eigenvalue weighted by atomic mass is 16.7. The molecule has 2 aromatic rings. The highest BCUT2D eigenvalue weighted by Gasteiger charge is 2.20. The van der Waals surface area contributed by atoms with E-state index in [1.165, 1.54) is 0 Å². The summed E-state index contributed by atoms with van der Waals surface area (Å²) in [6.07, 6.45) is 3.82. The Morgan fingerprint density at radius 3 is 2.52 bits per heavy atom. The second-order valence-electron chi connectivity index (χ2n) is 4.49. The molecule has 0 saturated carbocycles. The maximum Gasteiger partial charge on any atom is 0.342 e. The highest BCUT2D eigenvalue weighted by Crippen LogP contribution is 2.20. The van der Waals surface area contributed by atoms with E-state index in [9.17, 15) is 4.79 Å². The maximum absolute atomic E-state index is 12.1. The van der Waals surface area contributed by atoms with Crippen LogP contribution in [0.1, 0.15) is 30.4 Å². The van der Waals surface area contributed by atoms with E-state index in [0.717, 1.165) is 5.56 Å². The van der Waals surface area contributed by atoms with E-state index in [1.807, 2.05) is 37.3 Å². The predicted octanol–water partition coefficient (Wildman–Crippen LogP) is 2.44. The highest BCUT2D eigenvalue weighted by molar-refractivity contribution is 5.97. The van der Waals surface area contributed by atoms with E-state index < -0.39 is 5.97 Å². The van der Waals surface area contributed by atoms with Crippen molar-refractivity contribution in [3.63, 3.8) is 0 Å². The monoisotopic (exact) mass is 283 g/mol. The van der Waals surface area contributed by atoms with Crippen molar-refractivity contribution >= 4 is 11.8 Å². The average molecular weight is 283 g/mol. The van der Waals surface area contributed by atoms with Crippen molar-refractivity contribution in [3.8, 4) is 0 Å². The zero-order chi connectivity index (χ0) is 15.1. The Morgan fingerprint density at radius 1 is 1.24 bits per heavy atom. The van der Waals surface area contributed by atoms with Gasteiger partial charge < -0.3 is 10.6 Å². The zero-order valence-corrected chi connectivity index (χ0v) is 11.8. The Labute approximate surface area is 123 Å². The molecule has 0 unspecified atom stereocenters. The number of aromatic nitrogens is 1. The summed E-state index contributed by atoms with van der Waals surface area (Å²) in [5, 5.41) is 3.71. The maximum atomic E-state index is 12.1. The van der Waals surface area contributed by atoms with Gasteiger partial charge in [-0.2, -0.15) is 0 Å². The number of hydrogen-bond acceptors (Lipinski definition) is 4. The molecule has 0 saturated heterocycles. The lowest BCUT2D eigenvalue weighted by Crippen LogP contribution is -2.18. The van der Waals surface area contributed by atoms with Gasteiger partial charge in [0, 0.05) is 18.0 Å².